The molecule has 8 nitrogen and oxygen atoms in total. The highest BCUT2D eigenvalue weighted by Gasteiger charge is 2.16. The normalized spacial score (nSPS) is 10.7. The van der Waals surface area contributed by atoms with Crippen LogP contribution < -0.4 is 10.6 Å². The third-order valence-electron chi connectivity index (χ3n) is 5.15. The SMILES string of the molecule is Cc1nn(-c2ccccc2)c(C)c1CC(=O)NCC(=O)Nc1ccc(-n2cccn2)cc1. The van der Waals surface area contributed by atoms with E-state index in [1.165, 1.54) is 0 Å². The Labute approximate surface area is 185 Å². The van der Waals surface area contributed by atoms with Gasteiger partial charge >= 0.3 is 0 Å². The van der Waals surface area contributed by atoms with E-state index in [2.05, 4.69) is 20.8 Å². The van der Waals surface area contributed by atoms with Crippen LogP contribution in [-0.4, -0.2) is 37.9 Å². The first-order chi connectivity index (χ1) is 15.5. The van der Waals surface area contributed by atoms with Crippen molar-refractivity contribution in [1.82, 2.24) is 24.9 Å². The minimum atomic E-state index is -0.293. The van der Waals surface area contributed by atoms with Crippen molar-refractivity contribution in [2.24, 2.45) is 0 Å². The largest absolute Gasteiger partial charge is 0.347 e. The summed E-state index contributed by atoms with van der Waals surface area (Å²) in [4.78, 5) is 24.7. The Kier molecular flexibility index (Phi) is 6.12. The van der Waals surface area contributed by atoms with Gasteiger partial charge in [-0.15, -0.1) is 0 Å². The number of hydrogen-bond acceptors (Lipinski definition) is 4. The molecule has 0 aliphatic carbocycles. The Balaban J connectivity index is 1.31. The number of nitrogens with zero attached hydrogens (tertiary/aromatic N) is 4. The minimum absolute atomic E-state index is 0.106. The Hall–Kier alpha value is -4.20. The first kappa shape index (κ1) is 21.0. The molecule has 2 aromatic carbocycles. The number of benzene rings is 2. The first-order valence-electron chi connectivity index (χ1n) is 10.3. The summed E-state index contributed by atoms with van der Waals surface area (Å²) in [6.45, 7) is 3.72. The molecule has 4 aromatic rings. The number of nitrogens with one attached hydrogen (secondary N) is 2. The van der Waals surface area contributed by atoms with Gasteiger partial charge in [-0.1, -0.05) is 18.2 Å². The molecule has 162 valence electrons. The number of para-hydroxylation sites is 1. The maximum Gasteiger partial charge on any atom is 0.243 e. The number of anilines is 1. The standard InChI is InChI=1S/C24H24N6O2/c1-17-22(18(2)30(28-17)21-7-4-3-5-8-21)15-23(31)25-16-24(32)27-19-9-11-20(12-10-19)29-14-6-13-26-29/h3-14H,15-16H2,1-2H3,(H,25,31)(H,27,32). The van der Waals surface area contributed by atoms with E-state index < -0.39 is 0 Å². The van der Waals surface area contributed by atoms with Gasteiger partial charge in [-0.3, -0.25) is 9.59 Å². The van der Waals surface area contributed by atoms with Gasteiger partial charge in [-0.25, -0.2) is 9.36 Å². The van der Waals surface area contributed by atoms with E-state index in [0.29, 0.717) is 5.69 Å². The second kappa shape index (κ2) is 9.30. The van der Waals surface area contributed by atoms with Crippen LogP contribution in [0.5, 0.6) is 0 Å². The topological polar surface area (TPSA) is 93.8 Å². The number of carbonyl (C=O) groups excluding carboxylic acids is 2. The second-order valence-electron chi connectivity index (χ2n) is 7.40. The van der Waals surface area contributed by atoms with Crippen LogP contribution >= 0.6 is 0 Å². The lowest BCUT2D eigenvalue weighted by molar-refractivity contribution is -0.123. The molecule has 0 saturated heterocycles. The molecule has 2 heterocycles. The highest BCUT2D eigenvalue weighted by Crippen LogP contribution is 2.18. The van der Waals surface area contributed by atoms with Crippen LogP contribution in [0.1, 0.15) is 17.0 Å². The summed E-state index contributed by atoms with van der Waals surface area (Å²) in [5.74, 6) is -0.522. The fourth-order valence-corrected chi connectivity index (χ4v) is 3.48. The van der Waals surface area contributed by atoms with Crippen molar-refractivity contribution >= 4 is 17.5 Å². The molecule has 0 bridgehead atoms. The van der Waals surface area contributed by atoms with E-state index in [0.717, 1.165) is 28.3 Å². The summed E-state index contributed by atoms with van der Waals surface area (Å²) >= 11 is 0. The lowest BCUT2D eigenvalue weighted by Crippen LogP contribution is -2.34. The number of aromatic nitrogens is 4. The van der Waals surface area contributed by atoms with E-state index in [4.69, 9.17) is 0 Å². The number of amides is 2. The fourth-order valence-electron chi connectivity index (χ4n) is 3.48. The molecule has 8 heteroatoms. The number of carbonyl (C=O) groups is 2. The van der Waals surface area contributed by atoms with Crippen molar-refractivity contribution in [3.8, 4) is 11.4 Å². The van der Waals surface area contributed by atoms with Crippen LogP contribution in [0.25, 0.3) is 11.4 Å². The maximum atomic E-state index is 12.5. The third kappa shape index (κ3) is 4.75. The van der Waals surface area contributed by atoms with Crippen molar-refractivity contribution in [2.45, 2.75) is 20.3 Å². The van der Waals surface area contributed by atoms with Crippen LogP contribution in [0, 0.1) is 13.8 Å². The van der Waals surface area contributed by atoms with Crippen LogP contribution in [0.2, 0.25) is 0 Å². The summed E-state index contributed by atoms with van der Waals surface area (Å²) in [5.41, 5.74) is 5.05. The van der Waals surface area contributed by atoms with Crippen molar-refractivity contribution in [3.63, 3.8) is 0 Å². The Morgan fingerprint density at radius 2 is 1.66 bits per heavy atom. The molecule has 0 spiro atoms. The monoisotopic (exact) mass is 428 g/mol. The zero-order chi connectivity index (χ0) is 22.5. The van der Waals surface area contributed by atoms with Gasteiger partial charge in [0.25, 0.3) is 0 Å². The molecule has 0 aliphatic heterocycles. The summed E-state index contributed by atoms with van der Waals surface area (Å²) in [7, 11) is 0. The van der Waals surface area contributed by atoms with Gasteiger partial charge in [0, 0.05) is 29.3 Å². The zero-order valence-electron chi connectivity index (χ0n) is 17.9. The number of aryl methyl sites for hydroxylation is 1. The van der Waals surface area contributed by atoms with Gasteiger partial charge in [-0.05, 0) is 56.3 Å². The predicted molar refractivity (Wildman–Crippen MR) is 122 cm³/mol. The van der Waals surface area contributed by atoms with Gasteiger partial charge in [0.2, 0.25) is 11.8 Å². The predicted octanol–water partition coefficient (Wildman–Crippen LogP) is 2.97. The van der Waals surface area contributed by atoms with Crippen LogP contribution in [0.15, 0.2) is 73.1 Å². The molecule has 0 aliphatic rings. The van der Waals surface area contributed by atoms with Gasteiger partial charge in [0.1, 0.15) is 0 Å². The lowest BCUT2D eigenvalue weighted by Gasteiger charge is -2.09. The molecule has 0 saturated carbocycles. The molecule has 2 N–H and O–H groups in total. The van der Waals surface area contributed by atoms with E-state index in [1.807, 2.05) is 73.3 Å². The van der Waals surface area contributed by atoms with Crippen molar-refractivity contribution in [2.75, 3.05) is 11.9 Å². The van der Waals surface area contributed by atoms with Crippen LogP contribution in [-0.2, 0) is 16.0 Å². The maximum absolute atomic E-state index is 12.5. The molecule has 32 heavy (non-hydrogen) atoms. The van der Waals surface area contributed by atoms with Crippen molar-refractivity contribution in [3.05, 3.63) is 90.0 Å². The average molecular weight is 428 g/mol. The third-order valence-corrected chi connectivity index (χ3v) is 5.15. The molecule has 0 unspecified atom stereocenters. The first-order valence-corrected chi connectivity index (χ1v) is 10.3. The Morgan fingerprint density at radius 1 is 0.906 bits per heavy atom. The number of rotatable bonds is 7. The Morgan fingerprint density at radius 3 is 2.34 bits per heavy atom. The van der Waals surface area contributed by atoms with Crippen molar-refractivity contribution in [1.29, 1.82) is 0 Å². The summed E-state index contributed by atoms with van der Waals surface area (Å²) in [6.07, 6.45) is 3.71. The lowest BCUT2D eigenvalue weighted by atomic mass is 10.1. The highest BCUT2D eigenvalue weighted by atomic mass is 16.2. The molecule has 2 aromatic heterocycles. The Bertz CT molecular complexity index is 1210. The molecule has 0 atom stereocenters. The summed E-state index contributed by atoms with van der Waals surface area (Å²) in [5, 5.41) is 14.2. The van der Waals surface area contributed by atoms with Crippen LogP contribution in [0.3, 0.4) is 0 Å². The van der Waals surface area contributed by atoms with E-state index in [-0.39, 0.29) is 24.8 Å². The van der Waals surface area contributed by atoms with Crippen LogP contribution in [0.4, 0.5) is 5.69 Å². The molecule has 2 amide bonds. The van der Waals surface area contributed by atoms with Gasteiger partial charge < -0.3 is 10.6 Å². The van der Waals surface area contributed by atoms with E-state index in [9.17, 15) is 9.59 Å². The summed E-state index contributed by atoms with van der Waals surface area (Å²) < 4.78 is 3.56. The van der Waals surface area contributed by atoms with E-state index in [1.54, 1.807) is 23.0 Å². The smallest absolute Gasteiger partial charge is 0.243 e. The quantitative estimate of drug-likeness (QED) is 0.473. The van der Waals surface area contributed by atoms with Gasteiger partial charge in [0.05, 0.1) is 30.0 Å². The second-order valence-corrected chi connectivity index (χ2v) is 7.40. The van der Waals surface area contributed by atoms with Gasteiger partial charge in [0.15, 0.2) is 0 Å². The molecular formula is C24H24N6O2. The molecule has 4 rings (SSSR count). The van der Waals surface area contributed by atoms with Gasteiger partial charge in [-0.2, -0.15) is 10.2 Å². The fraction of sp³-hybridized carbons (Fsp3) is 0.167. The van der Waals surface area contributed by atoms with Crippen molar-refractivity contribution < 1.29 is 9.59 Å². The number of hydrogen-bond donors (Lipinski definition) is 2. The molecule has 0 fully saturated rings. The molecule has 0 radical (unpaired) electrons. The highest BCUT2D eigenvalue weighted by molar-refractivity contribution is 5.94. The zero-order valence-corrected chi connectivity index (χ0v) is 17.9. The molecular weight excluding hydrogens is 404 g/mol. The van der Waals surface area contributed by atoms with E-state index >= 15 is 0 Å². The summed E-state index contributed by atoms with van der Waals surface area (Å²) in [6, 6.07) is 18.9. The average Bonchev–Trinajstić information content (AvgIpc) is 3.43. The minimum Gasteiger partial charge on any atom is -0.347 e.